The van der Waals surface area contributed by atoms with E-state index in [9.17, 15) is 9.59 Å². The first-order valence-electron chi connectivity index (χ1n) is 9.74. The number of ether oxygens (including phenoxy) is 2. The highest BCUT2D eigenvalue weighted by Gasteiger charge is 2.32. The highest BCUT2D eigenvalue weighted by Crippen LogP contribution is 2.29. The first-order valence-corrected chi connectivity index (χ1v) is 9.74. The lowest BCUT2D eigenvalue weighted by atomic mass is 9.95. The Bertz CT molecular complexity index is 891. The van der Waals surface area contributed by atoms with Crippen LogP contribution in [-0.2, 0) is 16.1 Å². The monoisotopic (exact) mass is 394 g/mol. The van der Waals surface area contributed by atoms with Gasteiger partial charge in [0.25, 0.3) is 0 Å². The maximum Gasteiger partial charge on any atom is 0.338 e. The molecule has 1 aliphatic heterocycles. The van der Waals surface area contributed by atoms with E-state index in [0.717, 1.165) is 17.5 Å². The molecule has 2 aromatic rings. The van der Waals surface area contributed by atoms with E-state index in [1.54, 1.807) is 6.92 Å². The molecular weight excluding hydrogens is 368 g/mol. The van der Waals surface area contributed by atoms with Crippen molar-refractivity contribution in [1.29, 1.82) is 0 Å². The van der Waals surface area contributed by atoms with Gasteiger partial charge < -0.3 is 20.1 Å². The third kappa shape index (κ3) is 5.16. The minimum Gasteiger partial charge on any atom is -0.489 e. The van der Waals surface area contributed by atoms with Crippen molar-refractivity contribution in [2.75, 3.05) is 0 Å². The zero-order valence-electron chi connectivity index (χ0n) is 16.9. The molecular formula is C23H26N2O4. The van der Waals surface area contributed by atoms with Crippen LogP contribution in [0.15, 0.2) is 65.9 Å². The van der Waals surface area contributed by atoms with Crippen molar-refractivity contribution in [3.8, 4) is 5.75 Å². The quantitative estimate of drug-likeness (QED) is 0.689. The number of urea groups is 1. The van der Waals surface area contributed by atoms with Gasteiger partial charge in [0.15, 0.2) is 0 Å². The van der Waals surface area contributed by atoms with Gasteiger partial charge in [0.05, 0.1) is 17.7 Å². The van der Waals surface area contributed by atoms with Gasteiger partial charge in [-0.15, -0.1) is 0 Å². The number of hydrogen-bond acceptors (Lipinski definition) is 4. The summed E-state index contributed by atoms with van der Waals surface area (Å²) in [6.45, 7) is 5.97. The summed E-state index contributed by atoms with van der Waals surface area (Å²) in [6.07, 6.45) is 0.519. The summed E-state index contributed by atoms with van der Waals surface area (Å²) in [5.41, 5.74) is 2.76. The molecule has 6 nitrogen and oxygen atoms in total. The number of esters is 1. The third-order valence-corrected chi connectivity index (χ3v) is 4.83. The van der Waals surface area contributed by atoms with Crippen molar-refractivity contribution in [3.63, 3.8) is 0 Å². The molecule has 0 aromatic heterocycles. The second kappa shape index (κ2) is 9.28. The number of carbonyl (C=O) groups is 2. The molecule has 1 heterocycles. The van der Waals surface area contributed by atoms with Gasteiger partial charge in [-0.3, -0.25) is 0 Å². The second-order valence-electron chi connectivity index (χ2n) is 7.04. The smallest absolute Gasteiger partial charge is 0.338 e. The number of carbonyl (C=O) groups excluding carboxylic acids is 2. The van der Waals surface area contributed by atoms with E-state index in [1.165, 1.54) is 0 Å². The van der Waals surface area contributed by atoms with Crippen LogP contribution in [0.25, 0.3) is 0 Å². The molecule has 0 spiro atoms. The number of amides is 2. The van der Waals surface area contributed by atoms with E-state index in [1.807, 2.05) is 68.4 Å². The molecule has 0 bridgehead atoms. The molecule has 152 valence electrons. The van der Waals surface area contributed by atoms with E-state index in [2.05, 4.69) is 10.6 Å². The molecule has 3 rings (SSSR count). The van der Waals surface area contributed by atoms with Gasteiger partial charge in [-0.2, -0.15) is 0 Å². The Kier molecular flexibility index (Phi) is 6.54. The summed E-state index contributed by atoms with van der Waals surface area (Å²) in [4.78, 5) is 24.7. The normalized spacial score (nSPS) is 17.2. The van der Waals surface area contributed by atoms with Gasteiger partial charge in [0.2, 0.25) is 0 Å². The summed E-state index contributed by atoms with van der Waals surface area (Å²) in [5.74, 6) is 0.279. The Labute approximate surface area is 170 Å². The van der Waals surface area contributed by atoms with Crippen molar-refractivity contribution in [3.05, 3.63) is 77.0 Å². The van der Waals surface area contributed by atoms with E-state index in [-0.39, 0.29) is 12.1 Å². The van der Waals surface area contributed by atoms with Crippen molar-refractivity contribution in [1.82, 2.24) is 10.6 Å². The largest absolute Gasteiger partial charge is 0.489 e. The van der Waals surface area contributed by atoms with Gasteiger partial charge >= 0.3 is 12.0 Å². The minimum absolute atomic E-state index is 0.199. The fourth-order valence-corrected chi connectivity index (χ4v) is 3.04. The average molecular weight is 394 g/mol. The molecule has 0 aliphatic carbocycles. The number of benzene rings is 2. The number of rotatable bonds is 7. The Morgan fingerprint density at radius 1 is 1.10 bits per heavy atom. The summed E-state index contributed by atoms with van der Waals surface area (Å²) >= 11 is 0. The molecule has 0 unspecified atom stereocenters. The van der Waals surface area contributed by atoms with Gasteiger partial charge in [0, 0.05) is 5.70 Å². The molecule has 29 heavy (non-hydrogen) atoms. The van der Waals surface area contributed by atoms with Gasteiger partial charge in [-0.25, -0.2) is 9.59 Å². The van der Waals surface area contributed by atoms with Gasteiger partial charge in [0.1, 0.15) is 12.4 Å². The van der Waals surface area contributed by atoms with Crippen LogP contribution in [0.5, 0.6) is 5.75 Å². The summed E-state index contributed by atoms with van der Waals surface area (Å²) in [5, 5.41) is 5.47. The lowest BCUT2D eigenvalue weighted by Gasteiger charge is -2.29. The van der Waals surface area contributed by atoms with Crippen LogP contribution >= 0.6 is 0 Å². The van der Waals surface area contributed by atoms with E-state index in [0.29, 0.717) is 23.6 Å². The average Bonchev–Trinajstić information content (AvgIpc) is 2.72. The Morgan fingerprint density at radius 3 is 2.45 bits per heavy atom. The van der Waals surface area contributed by atoms with Crippen molar-refractivity contribution in [2.45, 2.75) is 45.9 Å². The molecule has 2 N–H and O–H groups in total. The molecule has 0 radical (unpaired) electrons. The van der Waals surface area contributed by atoms with Crippen LogP contribution in [0.4, 0.5) is 4.79 Å². The minimum atomic E-state index is -0.580. The summed E-state index contributed by atoms with van der Waals surface area (Å²) in [6, 6.07) is 16.3. The van der Waals surface area contributed by atoms with Gasteiger partial charge in [-0.05, 0) is 43.5 Å². The maximum absolute atomic E-state index is 12.7. The maximum atomic E-state index is 12.7. The van der Waals surface area contributed by atoms with Crippen LogP contribution in [-0.4, -0.2) is 18.1 Å². The molecule has 0 saturated heterocycles. The second-order valence-corrected chi connectivity index (χ2v) is 7.04. The standard InChI is InChI=1S/C23H26N2O4/c1-4-15(2)29-22(26)20-16(3)24-23(27)25-21(20)18-10-12-19(13-11-18)28-14-17-8-6-5-7-9-17/h5-13,15,21H,4,14H2,1-3H3,(H2,24,25,27)/t15-,21+/m1/s1. The van der Waals surface area contributed by atoms with Gasteiger partial charge in [-0.1, -0.05) is 49.4 Å². The molecule has 0 fully saturated rings. The van der Waals surface area contributed by atoms with Crippen LogP contribution in [0.2, 0.25) is 0 Å². The Hall–Kier alpha value is -3.28. The third-order valence-electron chi connectivity index (χ3n) is 4.83. The first kappa shape index (κ1) is 20.5. The molecule has 2 atom stereocenters. The van der Waals surface area contributed by atoms with Crippen LogP contribution < -0.4 is 15.4 Å². The van der Waals surface area contributed by atoms with Crippen LogP contribution in [0, 0.1) is 0 Å². The topological polar surface area (TPSA) is 76.7 Å². The Morgan fingerprint density at radius 2 is 1.79 bits per heavy atom. The molecule has 2 amide bonds. The first-order chi connectivity index (χ1) is 14.0. The highest BCUT2D eigenvalue weighted by atomic mass is 16.5. The van der Waals surface area contributed by atoms with E-state index >= 15 is 0 Å². The summed E-state index contributed by atoms with van der Waals surface area (Å²) < 4.78 is 11.3. The van der Waals surface area contributed by atoms with Crippen molar-refractivity contribution < 1.29 is 19.1 Å². The molecule has 0 saturated carbocycles. The van der Waals surface area contributed by atoms with Crippen molar-refractivity contribution in [2.24, 2.45) is 0 Å². The number of nitrogens with one attached hydrogen (secondary N) is 2. The zero-order chi connectivity index (χ0) is 20.8. The van der Waals surface area contributed by atoms with E-state index < -0.39 is 12.0 Å². The number of hydrogen-bond donors (Lipinski definition) is 2. The highest BCUT2D eigenvalue weighted by molar-refractivity contribution is 5.95. The van der Waals surface area contributed by atoms with Crippen molar-refractivity contribution >= 4 is 12.0 Å². The molecule has 6 heteroatoms. The van der Waals surface area contributed by atoms with Crippen LogP contribution in [0.3, 0.4) is 0 Å². The predicted octanol–water partition coefficient (Wildman–Crippen LogP) is 4.24. The lowest BCUT2D eigenvalue weighted by molar-refractivity contribution is -0.144. The Balaban J connectivity index is 1.76. The predicted molar refractivity (Wildman–Crippen MR) is 110 cm³/mol. The number of allylic oxidation sites excluding steroid dienone is 1. The molecule has 2 aromatic carbocycles. The fraction of sp³-hybridized carbons (Fsp3) is 0.304. The van der Waals surface area contributed by atoms with Crippen LogP contribution in [0.1, 0.15) is 44.4 Å². The fourth-order valence-electron chi connectivity index (χ4n) is 3.04. The molecule has 1 aliphatic rings. The van der Waals surface area contributed by atoms with E-state index in [4.69, 9.17) is 9.47 Å². The summed E-state index contributed by atoms with van der Waals surface area (Å²) in [7, 11) is 0. The zero-order valence-corrected chi connectivity index (χ0v) is 16.9. The SMILES string of the molecule is CC[C@@H](C)OC(=O)C1=C(C)NC(=O)N[C@H]1c1ccc(OCc2ccccc2)cc1. The lowest BCUT2D eigenvalue weighted by Crippen LogP contribution is -2.45.